The number of benzene rings is 3. The van der Waals surface area contributed by atoms with E-state index in [4.69, 9.17) is 5.73 Å². The minimum Gasteiger partial charge on any atom is -0.508 e. The van der Waals surface area contributed by atoms with Gasteiger partial charge in [-0.15, -0.1) is 0 Å². The highest BCUT2D eigenvalue weighted by molar-refractivity contribution is 5.96. The van der Waals surface area contributed by atoms with Crippen molar-refractivity contribution >= 4 is 40.5 Å². The lowest BCUT2D eigenvalue weighted by Gasteiger charge is -2.27. The number of carbonyl (C=O) groups excluding carboxylic acids is 4. The lowest BCUT2D eigenvalue weighted by Crippen LogP contribution is -2.59. The van der Waals surface area contributed by atoms with Gasteiger partial charge in [-0.2, -0.15) is 0 Å². The van der Waals surface area contributed by atoms with Gasteiger partial charge >= 0.3 is 5.97 Å². The summed E-state index contributed by atoms with van der Waals surface area (Å²) < 4.78 is 0. The average Bonchev–Trinajstić information content (AvgIpc) is 3.85. The van der Waals surface area contributed by atoms with Crippen LogP contribution in [0.15, 0.2) is 97.6 Å². The van der Waals surface area contributed by atoms with Crippen molar-refractivity contribution in [3.05, 3.63) is 120 Å². The summed E-state index contributed by atoms with van der Waals surface area (Å²) in [6.45, 7) is 3.76. The summed E-state index contributed by atoms with van der Waals surface area (Å²) in [5, 5.41) is 31.4. The number of amides is 4. The number of imidazole rings is 1. The van der Waals surface area contributed by atoms with E-state index in [1.54, 1.807) is 54.9 Å². The van der Waals surface area contributed by atoms with Gasteiger partial charge in [0.25, 0.3) is 0 Å². The second-order valence-electron chi connectivity index (χ2n) is 14.2. The van der Waals surface area contributed by atoms with E-state index in [2.05, 4.69) is 36.2 Å². The Morgan fingerprint density at radius 2 is 1.27 bits per heavy atom. The molecule has 4 amide bonds. The molecule has 294 valence electrons. The minimum absolute atomic E-state index is 0.0174. The van der Waals surface area contributed by atoms with Crippen LogP contribution in [-0.4, -0.2) is 85.0 Å². The number of aliphatic carboxylic acids is 1. The summed E-state index contributed by atoms with van der Waals surface area (Å²) in [6.07, 6.45) is 5.02. The monoisotopic (exact) mass is 764 g/mol. The van der Waals surface area contributed by atoms with Crippen molar-refractivity contribution in [1.29, 1.82) is 0 Å². The lowest BCUT2D eigenvalue weighted by molar-refractivity contribution is -0.142. The number of phenols is 1. The number of aromatic amines is 2. The predicted octanol–water partition coefficient (Wildman–Crippen LogP) is 2.26. The number of carboxylic acids is 1. The Balaban J connectivity index is 1.34. The van der Waals surface area contributed by atoms with E-state index < -0.39 is 59.8 Å². The Hall–Kier alpha value is -6.48. The summed E-state index contributed by atoms with van der Waals surface area (Å²) >= 11 is 0. The molecule has 0 bridgehead atoms. The molecule has 15 nitrogen and oxygen atoms in total. The first kappa shape index (κ1) is 40.7. The van der Waals surface area contributed by atoms with E-state index in [0.717, 1.165) is 10.9 Å². The lowest BCUT2D eigenvalue weighted by atomic mass is 10.00. The Kier molecular flexibility index (Phi) is 14.0. The molecule has 5 aromatic rings. The molecule has 0 radical (unpaired) electrons. The second kappa shape index (κ2) is 19.2. The molecule has 0 unspecified atom stereocenters. The van der Waals surface area contributed by atoms with Gasteiger partial charge in [0.05, 0.1) is 18.1 Å². The van der Waals surface area contributed by atoms with Crippen LogP contribution >= 0.6 is 0 Å². The molecule has 5 rings (SSSR count). The van der Waals surface area contributed by atoms with Gasteiger partial charge in [-0.1, -0.05) is 74.5 Å². The fraction of sp³-hybridized carbons (Fsp3) is 0.317. The van der Waals surface area contributed by atoms with Crippen LogP contribution in [0.4, 0.5) is 0 Å². The first-order chi connectivity index (χ1) is 26.9. The quantitative estimate of drug-likeness (QED) is 0.0598. The maximum Gasteiger partial charge on any atom is 0.326 e. The molecule has 0 fully saturated rings. The van der Waals surface area contributed by atoms with Crippen molar-refractivity contribution in [3.63, 3.8) is 0 Å². The molecular weight excluding hydrogens is 716 g/mol. The molecule has 0 aliphatic heterocycles. The van der Waals surface area contributed by atoms with Gasteiger partial charge in [0, 0.05) is 42.6 Å². The molecular formula is C41H48N8O7. The highest BCUT2D eigenvalue weighted by atomic mass is 16.4. The maximum atomic E-state index is 14.1. The summed E-state index contributed by atoms with van der Waals surface area (Å²) in [4.78, 5) is 77.8. The standard InChI is InChI=1S/C41H48N8O7/c1-24(2)16-33(46-37(51)31(42)17-26-12-14-29(50)15-13-26)38(52)48-35(20-28-22-43-23-45-28)40(54)47-34(18-25-8-4-3-5-9-25)39(53)49-36(41(55)56)19-27-21-44-32-11-7-6-10-30(27)32/h3-15,21-24,31,33-36,44,50H,16-20,42H2,1-2H3,(H,43,45)(H,46,51)(H,47,54)(H,48,52)(H,49,53)(H,55,56)/t31-,33-,34-,35-,36-/m0/s1. The van der Waals surface area contributed by atoms with Crippen molar-refractivity contribution in [2.75, 3.05) is 0 Å². The molecule has 2 heterocycles. The van der Waals surface area contributed by atoms with Crippen LogP contribution in [0.25, 0.3) is 10.9 Å². The third-order valence-electron chi connectivity index (χ3n) is 9.30. The fourth-order valence-corrected chi connectivity index (χ4v) is 6.38. The van der Waals surface area contributed by atoms with Crippen molar-refractivity contribution in [2.45, 2.75) is 76.2 Å². The number of hydrogen-bond donors (Lipinski definition) is 9. The molecule has 3 aromatic carbocycles. The molecule has 0 saturated heterocycles. The van der Waals surface area contributed by atoms with Crippen LogP contribution in [-0.2, 0) is 49.7 Å². The van der Waals surface area contributed by atoms with Crippen LogP contribution < -0.4 is 27.0 Å². The van der Waals surface area contributed by atoms with Gasteiger partial charge in [-0.05, 0) is 53.6 Å². The van der Waals surface area contributed by atoms with Gasteiger partial charge < -0.3 is 47.2 Å². The number of fused-ring (bicyclic) bond motifs is 1. The highest BCUT2D eigenvalue weighted by Crippen LogP contribution is 2.20. The zero-order chi connectivity index (χ0) is 40.2. The number of phenolic OH excluding ortho intramolecular Hbond substituents is 1. The number of carboxylic acid groups (broad SMARTS) is 1. The molecule has 0 aliphatic carbocycles. The third-order valence-corrected chi connectivity index (χ3v) is 9.30. The Morgan fingerprint density at radius 1 is 0.679 bits per heavy atom. The number of hydrogen-bond acceptors (Lipinski definition) is 8. The summed E-state index contributed by atoms with van der Waals surface area (Å²) in [5.41, 5.74) is 9.59. The van der Waals surface area contributed by atoms with E-state index in [-0.39, 0.29) is 43.8 Å². The Morgan fingerprint density at radius 3 is 1.91 bits per heavy atom. The largest absolute Gasteiger partial charge is 0.508 e. The topological polar surface area (TPSA) is 244 Å². The number of para-hydroxylation sites is 1. The van der Waals surface area contributed by atoms with Gasteiger partial charge in [-0.3, -0.25) is 19.2 Å². The average molecular weight is 765 g/mol. The summed E-state index contributed by atoms with van der Waals surface area (Å²) in [5.74, 6) is -3.89. The number of nitrogens with zero attached hydrogens (tertiary/aromatic N) is 1. The van der Waals surface area contributed by atoms with E-state index in [1.807, 2.05) is 38.1 Å². The molecule has 0 spiro atoms. The number of carbonyl (C=O) groups is 5. The second-order valence-corrected chi connectivity index (χ2v) is 14.2. The number of H-pyrrole nitrogens is 2. The van der Waals surface area contributed by atoms with Gasteiger partial charge in [0.1, 0.15) is 29.9 Å². The third kappa shape index (κ3) is 11.5. The van der Waals surface area contributed by atoms with Crippen LogP contribution in [0.1, 0.15) is 42.7 Å². The van der Waals surface area contributed by atoms with Crippen molar-refractivity contribution in [3.8, 4) is 5.75 Å². The van der Waals surface area contributed by atoms with Gasteiger partial charge in [0.15, 0.2) is 0 Å². The van der Waals surface area contributed by atoms with E-state index >= 15 is 0 Å². The molecule has 2 aromatic heterocycles. The summed E-state index contributed by atoms with van der Waals surface area (Å²) in [7, 11) is 0. The summed E-state index contributed by atoms with van der Waals surface area (Å²) in [6, 6.07) is 16.7. The van der Waals surface area contributed by atoms with E-state index in [9.17, 15) is 34.2 Å². The van der Waals surface area contributed by atoms with Crippen molar-refractivity contribution in [1.82, 2.24) is 36.2 Å². The molecule has 56 heavy (non-hydrogen) atoms. The van der Waals surface area contributed by atoms with Crippen molar-refractivity contribution in [2.24, 2.45) is 11.7 Å². The van der Waals surface area contributed by atoms with Crippen LogP contribution in [0, 0.1) is 5.92 Å². The van der Waals surface area contributed by atoms with Crippen molar-refractivity contribution < 1.29 is 34.2 Å². The Bertz CT molecular complexity index is 2080. The molecule has 5 atom stereocenters. The van der Waals surface area contributed by atoms with E-state index in [0.29, 0.717) is 22.4 Å². The highest BCUT2D eigenvalue weighted by Gasteiger charge is 2.33. The smallest absolute Gasteiger partial charge is 0.326 e. The number of aromatic nitrogens is 3. The van der Waals surface area contributed by atoms with Crippen LogP contribution in [0.5, 0.6) is 5.75 Å². The number of aromatic hydroxyl groups is 1. The zero-order valence-corrected chi connectivity index (χ0v) is 31.2. The number of nitrogens with one attached hydrogen (secondary N) is 6. The molecule has 0 aliphatic rings. The van der Waals surface area contributed by atoms with Crippen LogP contribution in [0.3, 0.4) is 0 Å². The normalized spacial score (nSPS) is 13.9. The molecule has 15 heteroatoms. The number of nitrogens with two attached hydrogens (primary N) is 1. The fourth-order valence-electron chi connectivity index (χ4n) is 6.38. The first-order valence-corrected chi connectivity index (χ1v) is 18.4. The minimum atomic E-state index is -1.32. The predicted molar refractivity (Wildman–Crippen MR) is 209 cm³/mol. The SMILES string of the molecule is CC(C)C[C@H](NC(=O)[C@@H](N)Cc1ccc(O)cc1)C(=O)N[C@@H](Cc1c[nH]cn1)C(=O)N[C@@H](Cc1ccccc1)C(=O)N[C@@H](Cc1c[nH]c2ccccc12)C(=O)O. The van der Waals surface area contributed by atoms with Gasteiger partial charge in [0.2, 0.25) is 23.6 Å². The van der Waals surface area contributed by atoms with Gasteiger partial charge in [-0.25, -0.2) is 9.78 Å². The van der Waals surface area contributed by atoms with E-state index in [1.165, 1.54) is 18.5 Å². The first-order valence-electron chi connectivity index (χ1n) is 18.4. The number of rotatable bonds is 19. The molecule has 10 N–H and O–H groups in total. The Labute approximate surface area is 323 Å². The zero-order valence-electron chi connectivity index (χ0n) is 31.2. The molecule has 0 saturated carbocycles. The van der Waals surface area contributed by atoms with Crippen LogP contribution in [0.2, 0.25) is 0 Å². The maximum absolute atomic E-state index is 14.1.